The fraction of sp³-hybridized carbons (Fsp3) is 1.00. The van der Waals surface area contributed by atoms with Gasteiger partial charge in [0.15, 0.2) is 0 Å². The number of nitrogens with zero attached hydrogens (tertiary/aromatic N) is 1. The van der Waals surface area contributed by atoms with Crippen molar-refractivity contribution >= 4 is 11.8 Å². The molecule has 0 aromatic carbocycles. The Morgan fingerprint density at radius 1 is 1.27 bits per heavy atom. The molecule has 0 aromatic heterocycles. The molecule has 0 atom stereocenters. The Kier molecular flexibility index (Phi) is 8.43. The van der Waals surface area contributed by atoms with Crippen molar-refractivity contribution in [3.8, 4) is 0 Å². The molecule has 0 bridgehead atoms. The van der Waals surface area contributed by atoms with E-state index in [1.165, 1.54) is 0 Å². The van der Waals surface area contributed by atoms with Crippen LogP contribution in [0.5, 0.6) is 0 Å². The van der Waals surface area contributed by atoms with Crippen LogP contribution in [0, 0.1) is 0 Å². The van der Waals surface area contributed by atoms with E-state index in [9.17, 15) is 0 Å². The lowest BCUT2D eigenvalue weighted by atomic mass is 10.9. The van der Waals surface area contributed by atoms with Crippen LogP contribution < -0.4 is 5.73 Å². The van der Waals surface area contributed by atoms with E-state index in [0.29, 0.717) is 19.3 Å². The topological polar surface area (TPSA) is 47.7 Å². The number of rotatable bonds is 7. The zero-order valence-corrected chi connectivity index (χ0v) is 7.89. The van der Waals surface area contributed by atoms with E-state index in [2.05, 4.69) is 0 Å². The van der Waals surface area contributed by atoms with Crippen molar-refractivity contribution in [2.75, 3.05) is 39.4 Å². The van der Waals surface area contributed by atoms with Crippen molar-refractivity contribution < 1.29 is 9.47 Å². The molecular formula is C6H16N2O2S. The van der Waals surface area contributed by atoms with E-state index in [1.54, 1.807) is 26.0 Å². The maximum atomic E-state index is 5.32. The van der Waals surface area contributed by atoms with Crippen LogP contribution in [0.2, 0.25) is 0 Å². The summed E-state index contributed by atoms with van der Waals surface area (Å²) in [5.74, 6) is 1.47. The Morgan fingerprint density at radius 3 is 2.18 bits per heavy atom. The van der Waals surface area contributed by atoms with Crippen molar-refractivity contribution in [2.24, 2.45) is 5.73 Å². The maximum absolute atomic E-state index is 5.32. The smallest absolute Gasteiger partial charge is 0.101 e. The SMILES string of the molecule is COCN(COC)CSCN. The molecule has 11 heavy (non-hydrogen) atoms. The standard InChI is InChI=1S/C6H16N2O2S/c1-9-4-8(5-10-2)6-11-3-7/h3-7H2,1-2H3. The molecule has 0 amide bonds. The summed E-state index contributed by atoms with van der Waals surface area (Å²) in [6.07, 6.45) is 0. The second-order valence-electron chi connectivity index (χ2n) is 2.01. The van der Waals surface area contributed by atoms with Crippen LogP contribution in [-0.4, -0.2) is 44.3 Å². The maximum Gasteiger partial charge on any atom is 0.101 e. The average Bonchev–Trinajstić information content (AvgIpc) is 2.01. The summed E-state index contributed by atoms with van der Waals surface area (Å²) in [5.41, 5.74) is 5.32. The van der Waals surface area contributed by atoms with E-state index in [4.69, 9.17) is 15.2 Å². The van der Waals surface area contributed by atoms with Gasteiger partial charge in [0, 0.05) is 20.1 Å². The van der Waals surface area contributed by atoms with E-state index in [1.807, 2.05) is 4.90 Å². The lowest BCUT2D eigenvalue weighted by molar-refractivity contribution is -0.000510. The number of thioether (sulfide) groups is 1. The zero-order valence-electron chi connectivity index (χ0n) is 7.08. The molecule has 0 heterocycles. The van der Waals surface area contributed by atoms with Crippen molar-refractivity contribution in [1.82, 2.24) is 4.90 Å². The Balaban J connectivity index is 3.34. The fourth-order valence-electron chi connectivity index (χ4n) is 0.659. The van der Waals surface area contributed by atoms with Gasteiger partial charge in [-0.3, -0.25) is 0 Å². The molecule has 0 rings (SSSR count). The van der Waals surface area contributed by atoms with Crippen LogP contribution in [0.1, 0.15) is 0 Å². The predicted octanol–water partition coefficient (Wildman–Crippen LogP) is 0.103. The predicted molar refractivity (Wildman–Crippen MR) is 47.1 cm³/mol. The first-order valence-corrected chi connectivity index (χ1v) is 4.48. The van der Waals surface area contributed by atoms with Crippen molar-refractivity contribution in [3.05, 3.63) is 0 Å². The van der Waals surface area contributed by atoms with Crippen LogP contribution in [-0.2, 0) is 9.47 Å². The Morgan fingerprint density at radius 2 is 1.82 bits per heavy atom. The number of hydrogen-bond acceptors (Lipinski definition) is 5. The van der Waals surface area contributed by atoms with Crippen LogP contribution in [0.4, 0.5) is 0 Å². The lowest BCUT2D eigenvalue weighted by Crippen LogP contribution is -2.28. The van der Waals surface area contributed by atoms with Gasteiger partial charge in [-0.05, 0) is 0 Å². The van der Waals surface area contributed by atoms with Gasteiger partial charge in [0.2, 0.25) is 0 Å². The van der Waals surface area contributed by atoms with Gasteiger partial charge < -0.3 is 15.2 Å². The molecule has 0 aliphatic rings. The molecule has 0 saturated heterocycles. The molecule has 0 aliphatic carbocycles. The largest absolute Gasteiger partial charge is 0.369 e. The normalized spacial score (nSPS) is 10.9. The molecule has 5 heteroatoms. The summed E-state index contributed by atoms with van der Waals surface area (Å²) < 4.78 is 9.89. The number of nitrogens with two attached hydrogens (primary N) is 1. The van der Waals surface area contributed by atoms with Crippen LogP contribution in [0.15, 0.2) is 0 Å². The van der Waals surface area contributed by atoms with Gasteiger partial charge >= 0.3 is 0 Å². The molecule has 2 N–H and O–H groups in total. The molecule has 0 aliphatic heterocycles. The van der Waals surface area contributed by atoms with Gasteiger partial charge in [-0.2, -0.15) is 0 Å². The number of ether oxygens (including phenoxy) is 2. The van der Waals surface area contributed by atoms with Gasteiger partial charge in [0.05, 0.1) is 5.88 Å². The minimum absolute atomic E-state index is 0.584. The Hall–Kier alpha value is 0.190. The molecule has 0 saturated carbocycles. The van der Waals surface area contributed by atoms with Gasteiger partial charge in [-0.25, -0.2) is 4.90 Å². The highest BCUT2D eigenvalue weighted by Gasteiger charge is 2.01. The third kappa shape index (κ3) is 6.58. The summed E-state index contributed by atoms with van der Waals surface area (Å²) in [4.78, 5) is 2.01. The van der Waals surface area contributed by atoms with E-state index >= 15 is 0 Å². The molecule has 0 fully saturated rings. The first-order chi connectivity index (χ1) is 5.35. The van der Waals surface area contributed by atoms with Gasteiger partial charge in [0.25, 0.3) is 0 Å². The third-order valence-corrected chi connectivity index (χ3v) is 1.80. The second-order valence-corrected chi connectivity index (χ2v) is 3.01. The van der Waals surface area contributed by atoms with Crippen molar-refractivity contribution in [1.29, 1.82) is 0 Å². The summed E-state index contributed by atoms with van der Waals surface area (Å²) >= 11 is 1.64. The highest BCUT2D eigenvalue weighted by molar-refractivity contribution is 7.99. The first kappa shape index (κ1) is 11.2. The van der Waals surface area contributed by atoms with Gasteiger partial charge in [-0.15, -0.1) is 11.8 Å². The zero-order chi connectivity index (χ0) is 8.53. The lowest BCUT2D eigenvalue weighted by Gasteiger charge is -2.18. The van der Waals surface area contributed by atoms with E-state index in [-0.39, 0.29) is 0 Å². The highest BCUT2D eigenvalue weighted by atomic mass is 32.2. The summed E-state index contributed by atoms with van der Waals surface area (Å²) in [6.45, 7) is 1.17. The Bertz CT molecular complexity index is 79.0. The summed E-state index contributed by atoms with van der Waals surface area (Å²) in [7, 11) is 3.32. The quantitative estimate of drug-likeness (QED) is 0.563. The summed E-state index contributed by atoms with van der Waals surface area (Å²) in [5, 5.41) is 0. The van der Waals surface area contributed by atoms with E-state index in [0.717, 1.165) is 5.88 Å². The van der Waals surface area contributed by atoms with Crippen molar-refractivity contribution in [2.45, 2.75) is 0 Å². The van der Waals surface area contributed by atoms with Crippen LogP contribution in [0.3, 0.4) is 0 Å². The molecule has 0 unspecified atom stereocenters. The Labute approximate surface area is 72.0 Å². The van der Waals surface area contributed by atoms with Crippen LogP contribution >= 0.6 is 11.8 Å². The summed E-state index contributed by atoms with van der Waals surface area (Å²) in [6, 6.07) is 0. The molecule has 4 nitrogen and oxygen atoms in total. The first-order valence-electron chi connectivity index (χ1n) is 3.33. The minimum Gasteiger partial charge on any atom is -0.369 e. The second kappa shape index (κ2) is 8.29. The molecule has 0 spiro atoms. The molecule has 0 aromatic rings. The third-order valence-electron chi connectivity index (χ3n) is 1.02. The molecule has 68 valence electrons. The highest BCUT2D eigenvalue weighted by Crippen LogP contribution is 2.00. The number of methoxy groups -OCH3 is 2. The minimum atomic E-state index is 0.584. The molecule has 0 radical (unpaired) electrons. The van der Waals surface area contributed by atoms with Crippen LogP contribution in [0.25, 0.3) is 0 Å². The van der Waals surface area contributed by atoms with E-state index < -0.39 is 0 Å². The average molecular weight is 180 g/mol. The number of hydrogen-bond donors (Lipinski definition) is 1. The van der Waals surface area contributed by atoms with Crippen molar-refractivity contribution in [3.63, 3.8) is 0 Å². The van der Waals surface area contributed by atoms with Gasteiger partial charge in [-0.1, -0.05) is 0 Å². The molecular weight excluding hydrogens is 164 g/mol. The van der Waals surface area contributed by atoms with Gasteiger partial charge in [0.1, 0.15) is 13.5 Å². The monoisotopic (exact) mass is 180 g/mol. The fourth-order valence-corrected chi connectivity index (χ4v) is 1.17.